The summed E-state index contributed by atoms with van der Waals surface area (Å²) in [5.41, 5.74) is 0.947. The lowest BCUT2D eigenvalue weighted by Gasteiger charge is -2.00. The van der Waals surface area contributed by atoms with Crippen LogP contribution in [0.1, 0.15) is 28.6 Å². The molecule has 0 aliphatic rings. The summed E-state index contributed by atoms with van der Waals surface area (Å²) in [6, 6.07) is 5.72. The SMILES string of the molecule is CCCc1c(C(=O)O)sc2cc(OC)ccc12. The van der Waals surface area contributed by atoms with E-state index in [9.17, 15) is 9.90 Å². The van der Waals surface area contributed by atoms with Crippen LogP contribution in [0, 0.1) is 0 Å². The molecule has 0 atom stereocenters. The second-order valence-electron chi connectivity index (χ2n) is 3.83. The maximum atomic E-state index is 11.2. The van der Waals surface area contributed by atoms with Gasteiger partial charge in [0.05, 0.1) is 7.11 Å². The Labute approximate surface area is 104 Å². The number of fused-ring (bicyclic) bond motifs is 1. The first-order valence-corrected chi connectivity index (χ1v) is 6.31. The Hall–Kier alpha value is -1.55. The Balaban J connectivity index is 2.65. The molecule has 2 aromatic rings. The lowest BCUT2D eigenvalue weighted by Crippen LogP contribution is -1.97. The third-order valence-electron chi connectivity index (χ3n) is 2.69. The summed E-state index contributed by atoms with van der Waals surface area (Å²) in [5, 5.41) is 10.2. The molecule has 0 aliphatic carbocycles. The van der Waals surface area contributed by atoms with Gasteiger partial charge in [0.1, 0.15) is 10.6 Å². The van der Waals surface area contributed by atoms with Gasteiger partial charge in [0.25, 0.3) is 0 Å². The van der Waals surface area contributed by atoms with E-state index in [0.29, 0.717) is 4.88 Å². The molecule has 1 aromatic carbocycles. The monoisotopic (exact) mass is 250 g/mol. The molecule has 3 nitrogen and oxygen atoms in total. The minimum atomic E-state index is -0.839. The van der Waals surface area contributed by atoms with E-state index in [1.807, 2.05) is 18.2 Å². The molecule has 17 heavy (non-hydrogen) atoms. The summed E-state index contributed by atoms with van der Waals surface area (Å²) in [4.78, 5) is 11.7. The molecule has 0 saturated carbocycles. The third kappa shape index (κ3) is 2.13. The van der Waals surface area contributed by atoms with Crippen molar-refractivity contribution in [2.75, 3.05) is 7.11 Å². The minimum absolute atomic E-state index is 0.454. The fourth-order valence-electron chi connectivity index (χ4n) is 1.93. The van der Waals surface area contributed by atoms with Crippen LogP contribution in [0.4, 0.5) is 0 Å². The Morgan fingerprint density at radius 2 is 2.24 bits per heavy atom. The lowest BCUT2D eigenvalue weighted by molar-refractivity contribution is 0.0701. The van der Waals surface area contributed by atoms with Gasteiger partial charge in [-0.2, -0.15) is 0 Å². The quantitative estimate of drug-likeness (QED) is 0.902. The molecule has 1 heterocycles. The van der Waals surface area contributed by atoms with Gasteiger partial charge in [-0.05, 0) is 35.6 Å². The summed E-state index contributed by atoms with van der Waals surface area (Å²) in [7, 11) is 1.61. The highest BCUT2D eigenvalue weighted by Crippen LogP contribution is 2.34. The number of aromatic carboxylic acids is 1. The molecule has 0 spiro atoms. The molecule has 0 unspecified atom stereocenters. The molecular weight excluding hydrogens is 236 g/mol. The van der Waals surface area contributed by atoms with E-state index in [0.717, 1.165) is 34.2 Å². The fourth-order valence-corrected chi connectivity index (χ4v) is 3.05. The fraction of sp³-hybridized carbons (Fsp3) is 0.308. The standard InChI is InChI=1S/C13H14O3S/c1-3-4-10-9-6-5-8(16-2)7-11(9)17-12(10)13(14)15/h5-7H,3-4H2,1-2H3,(H,14,15). The van der Waals surface area contributed by atoms with Crippen molar-refractivity contribution in [3.05, 3.63) is 28.6 Å². The van der Waals surface area contributed by atoms with Crippen molar-refractivity contribution in [2.24, 2.45) is 0 Å². The summed E-state index contributed by atoms with van der Waals surface area (Å²) < 4.78 is 6.13. The van der Waals surface area contributed by atoms with Crippen LogP contribution in [0.2, 0.25) is 0 Å². The number of rotatable bonds is 4. The third-order valence-corrected chi connectivity index (χ3v) is 3.88. The van der Waals surface area contributed by atoms with Gasteiger partial charge in [-0.15, -0.1) is 11.3 Å². The number of ether oxygens (including phenoxy) is 1. The summed E-state index contributed by atoms with van der Waals surface area (Å²) in [6.07, 6.45) is 1.74. The first-order valence-electron chi connectivity index (χ1n) is 5.50. The topological polar surface area (TPSA) is 46.5 Å². The van der Waals surface area contributed by atoms with Gasteiger partial charge in [0.2, 0.25) is 0 Å². The van der Waals surface area contributed by atoms with Gasteiger partial charge >= 0.3 is 5.97 Å². The van der Waals surface area contributed by atoms with Crippen LogP contribution >= 0.6 is 11.3 Å². The molecule has 0 aliphatic heterocycles. The molecule has 0 amide bonds. The molecule has 0 radical (unpaired) electrons. The zero-order valence-electron chi connectivity index (χ0n) is 9.82. The van der Waals surface area contributed by atoms with Crippen LogP contribution < -0.4 is 4.74 Å². The largest absolute Gasteiger partial charge is 0.497 e. The number of benzene rings is 1. The number of carboxylic acid groups (broad SMARTS) is 1. The molecular formula is C13H14O3S. The molecule has 0 saturated heterocycles. The highest BCUT2D eigenvalue weighted by molar-refractivity contribution is 7.21. The molecule has 90 valence electrons. The Morgan fingerprint density at radius 3 is 2.82 bits per heavy atom. The van der Waals surface area contributed by atoms with Crippen LogP contribution in [0.15, 0.2) is 18.2 Å². The number of hydrogen-bond acceptors (Lipinski definition) is 3. The van der Waals surface area contributed by atoms with Crippen LogP contribution in [0.3, 0.4) is 0 Å². The van der Waals surface area contributed by atoms with Crippen LogP contribution in [-0.4, -0.2) is 18.2 Å². The molecule has 1 N–H and O–H groups in total. The van der Waals surface area contributed by atoms with Crippen molar-refractivity contribution in [3.8, 4) is 5.75 Å². The molecule has 4 heteroatoms. The van der Waals surface area contributed by atoms with E-state index < -0.39 is 5.97 Å². The van der Waals surface area contributed by atoms with Crippen molar-refractivity contribution in [2.45, 2.75) is 19.8 Å². The van der Waals surface area contributed by atoms with E-state index in [2.05, 4.69) is 6.92 Å². The van der Waals surface area contributed by atoms with Gasteiger partial charge in [-0.3, -0.25) is 0 Å². The Bertz CT molecular complexity index is 557. The van der Waals surface area contributed by atoms with Crippen LogP contribution in [-0.2, 0) is 6.42 Å². The Kier molecular flexibility index (Phi) is 3.33. The van der Waals surface area contributed by atoms with Crippen LogP contribution in [0.5, 0.6) is 5.75 Å². The maximum absolute atomic E-state index is 11.2. The van der Waals surface area contributed by atoms with E-state index in [1.54, 1.807) is 7.11 Å². The van der Waals surface area contributed by atoms with Gasteiger partial charge in [-0.25, -0.2) is 4.79 Å². The average molecular weight is 250 g/mol. The summed E-state index contributed by atoms with van der Waals surface area (Å²) >= 11 is 1.32. The predicted octanol–water partition coefficient (Wildman–Crippen LogP) is 3.56. The number of carboxylic acids is 1. The van der Waals surface area contributed by atoms with Crippen molar-refractivity contribution in [1.82, 2.24) is 0 Å². The number of methoxy groups -OCH3 is 1. The molecule has 0 fully saturated rings. The number of thiophene rings is 1. The normalized spacial score (nSPS) is 10.7. The van der Waals surface area contributed by atoms with Crippen LogP contribution in [0.25, 0.3) is 10.1 Å². The van der Waals surface area contributed by atoms with Gasteiger partial charge in [0, 0.05) is 4.70 Å². The smallest absolute Gasteiger partial charge is 0.346 e. The highest BCUT2D eigenvalue weighted by atomic mass is 32.1. The van der Waals surface area contributed by atoms with Gasteiger partial charge in [-0.1, -0.05) is 13.3 Å². The summed E-state index contributed by atoms with van der Waals surface area (Å²) in [5.74, 6) is -0.0765. The Morgan fingerprint density at radius 1 is 1.47 bits per heavy atom. The zero-order chi connectivity index (χ0) is 12.4. The van der Waals surface area contributed by atoms with Crippen molar-refractivity contribution < 1.29 is 14.6 Å². The molecule has 1 aromatic heterocycles. The second-order valence-corrected chi connectivity index (χ2v) is 4.88. The van der Waals surface area contributed by atoms with Gasteiger partial charge in [0.15, 0.2) is 0 Å². The average Bonchev–Trinajstić information content (AvgIpc) is 2.68. The number of hydrogen-bond donors (Lipinski definition) is 1. The first kappa shape index (κ1) is 11.9. The molecule has 0 bridgehead atoms. The minimum Gasteiger partial charge on any atom is -0.497 e. The van der Waals surface area contributed by atoms with E-state index >= 15 is 0 Å². The second kappa shape index (κ2) is 4.75. The van der Waals surface area contributed by atoms with Crippen molar-refractivity contribution >= 4 is 27.4 Å². The predicted molar refractivity (Wildman–Crippen MR) is 69.3 cm³/mol. The lowest BCUT2D eigenvalue weighted by atomic mass is 10.1. The summed E-state index contributed by atoms with van der Waals surface area (Å²) in [6.45, 7) is 2.05. The van der Waals surface area contributed by atoms with E-state index in [-0.39, 0.29) is 0 Å². The van der Waals surface area contributed by atoms with Crippen molar-refractivity contribution in [3.63, 3.8) is 0 Å². The maximum Gasteiger partial charge on any atom is 0.346 e. The van der Waals surface area contributed by atoms with Crippen molar-refractivity contribution in [1.29, 1.82) is 0 Å². The first-order chi connectivity index (χ1) is 8.17. The van der Waals surface area contributed by atoms with E-state index in [1.165, 1.54) is 11.3 Å². The number of aryl methyl sites for hydroxylation is 1. The zero-order valence-corrected chi connectivity index (χ0v) is 10.6. The highest BCUT2D eigenvalue weighted by Gasteiger charge is 2.17. The van der Waals surface area contributed by atoms with E-state index in [4.69, 9.17) is 4.74 Å². The number of carbonyl (C=O) groups is 1. The molecule has 2 rings (SSSR count). The van der Waals surface area contributed by atoms with Gasteiger partial charge < -0.3 is 9.84 Å².